The zero-order chi connectivity index (χ0) is 23.7. The number of amides is 1. The monoisotopic (exact) mass is 516 g/mol. The first-order chi connectivity index (χ1) is 16.5. The SMILES string of the molecule is COc1ccccc1-c1nc2n(n1)C(c1cccc(Br)c1)C(C(=O)Nc1cccnc1)=C(C)N2. The summed E-state index contributed by atoms with van der Waals surface area (Å²) in [7, 11) is 1.62. The number of aromatic nitrogens is 4. The first kappa shape index (κ1) is 21.8. The van der Waals surface area contributed by atoms with E-state index in [0.717, 1.165) is 15.6 Å². The molecule has 2 N–H and O–H groups in total. The van der Waals surface area contributed by atoms with Gasteiger partial charge in [0, 0.05) is 16.4 Å². The number of carbonyl (C=O) groups is 1. The lowest BCUT2D eigenvalue weighted by Gasteiger charge is -2.28. The van der Waals surface area contributed by atoms with Crippen molar-refractivity contribution in [3.8, 4) is 17.1 Å². The number of hydrogen-bond acceptors (Lipinski definition) is 6. The molecule has 0 saturated carbocycles. The molecular weight excluding hydrogens is 496 g/mol. The Hall–Kier alpha value is -3.98. The predicted octanol–water partition coefficient (Wildman–Crippen LogP) is 5.04. The molecule has 1 atom stereocenters. The van der Waals surface area contributed by atoms with E-state index in [1.165, 1.54) is 0 Å². The fourth-order valence-electron chi connectivity index (χ4n) is 4.01. The van der Waals surface area contributed by atoms with Gasteiger partial charge in [0.2, 0.25) is 5.95 Å². The van der Waals surface area contributed by atoms with Gasteiger partial charge in [0.15, 0.2) is 5.82 Å². The van der Waals surface area contributed by atoms with Crippen LogP contribution in [-0.4, -0.2) is 32.8 Å². The molecule has 1 aliphatic heterocycles. The Labute approximate surface area is 204 Å². The maximum Gasteiger partial charge on any atom is 0.255 e. The van der Waals surface area contributed by atoms with Crippen LogP contribution in [0.1, 0.15) is 18.5 Å². The van der Waals surface area contributed by atoms with Crippen LogP contribution in [-0.2, 0) is 4.79 Å². The highest BCUT2D eigenvalue weighted by Gasteiger charge is 2.35. The van der Waals surface area contributed by atoms with Crippen LogP contribution >= 0.6 is 15.9 Å². The summed E-state index contributed by atoms with van der Waals surface area (Å²) in [6.45, 7) is 1.87. The van der Waals surface area contributed by atoms with Crippen LogP contribution in [0.2, 0.25) is 0 Å². The Morgan fingerprint density at radius 3 is 2.76 bits per heavy atom. The molecule has 4 aromatic rings. The number of benzene rings is 2. The Morgan fingerprint density at radius 1 is 1.15 bits per heavy atom. The molecule has 8 nitrogen and oxygen atoms in total. The van der Waals surface area contributed by atoms with E-state index in [1.807, 2.05) is 55.5 Å². The third-order valence-electron chi connectivity index (χ3n) is 5.53. The summed E-state index contributed by atoms with van der Waals surface area (Å²) in [5, 5.41) is 11.0. The molecule has 0 aliphatic carbocycles. The second-order valence-corrected chi connectivity index (χ2v) is 8.64. The molecule has 9 heteroatoms. The number of carbonyl (C=O) groups excluding carboxylic acids is 1. The average Bonchev–Trinajstić information content (AvgIpc) is 3.27. The Bertz CT molecular complexity index is 1400. The molecule has 0 fully saturated rings. The number of para-hydroxylation sites is 1. The first-order valence-electron chi connectivity index (χ1n) is 10.6. The molecule has 1 amide bonds. The van der Waals surface area contributed by atoms with Gasteiger partial charge in [-0.05, 0) is 48.9 Å². The maximum atomic E-state index is 13.5. The van der Waals surface area contributed by atoms with E-state index in [9.17, 15) is 4.79 Å². The Balaban J connectivity index is 1.63. The lowest BCUT2D eigenvalue weighted by Crippen LogP contribution is -2.31. The van der Waals surface area contributed by atoms with Crippen molar-refractivity contribution in [2.45, 2.75) is 13.0 Å². The summed E-state index contributed by atoms with van der Waals surface area (Å²) >= 11 is 3.55. The zero-order valence-corrected chi connectivity index (χ0v) is 20.1. The van der Waals surface area contributed by atoms with Crippen molar-refractivity contribution in [2.75, 3.05) is 17.7 Å². The van der Waals surface area contributed by atoms with Crippen molar-refractivity contribution in [3.63, 3.8) is 0 Å². The van der Waals surface area contributed by atoms with Crippen molar-refractivity contribution < 1.29 is 9.53 Å². The summed E-state index contributed by atoms with van der Waals surface area (Å²) in [6, 6.07) is 18.5. The van der Waals surface area contributed by atoms with Gasteiger partial charge in [0.25, 0.3) is 5.91 Å². The van der Waals surface area contributed by atoms with Gasteiger partial charge in [0.05, 0.1) is 30.1 Å². The number of rotatable bonds is 5. The molecule has 0 saturated heterocycles. The second-order valence-electron chi connectivity index (χ2n) is 7.72. The van der Waals surface area contributed by atoms with Crippen molar-refractivity contribution in [3.05, 3.63) is 94.4 Å². The van der Waals surface area contributed by atoms with E-state index < -0.39 is 6.04 Å². The Morgan fingerprint density at radius 2 is 2.00 bits per heavy atom. The number of pyridine rings is 1. The van der Waals surface area contributed by atoms with Crippen LogP contribution in [0.4, 0.5) is 11.6 Å². The van der Waals surface area contributed by atoms with E-state index in [1.54, 1.807) is 36.3 Å². The van der Waals surface area contributed by atoms with E-state index in [-0.39, 0.29) is 5.91 Å². The summed E-state index contributed by atoms with van der Waals surface area (Å²) in [6.07, 6.45) is 3.27. The molecule has 170 valence electrons. The fraction of sp³-hybridized carbons (Fsp3) is 0.120. The van der Waals surface area contributed by atoms with Gasteiger partial charge < -0.3 is 15.4 Å². The van der Waals surface area contributed by atoms with Crippen molar-refractivity contribution in [1.82, 2.24) is 19.7 Å². The topological polar surface area (TPSA) is 94.0 Å². The van der Waals surface area contributed by atoms with Gasteiger partial charge in [-0.3, -0.25) is 9.78 Å². The van der Waals surface area contributed by atoms with Crippen molar-refractivity contribution >= 4 is 33.5 Å². The minimum absolute atomic E-state index is 0.247. The van der Waals surface area contributed by atoms with Gasteiger partial charge in [0.1, 0.15) is 11.8 Å². The normalized spacial score (nSPS) is 14.9. The van der Waals surface area contributed by atoms with E-state index in [0.29, 0.717) is 34.5 Å². The average molecular weight is 517 g/mol. The molecule has 5 rings (SSSR count). The number of methoxy groups -OCH3 is 1. The van der Waals surface area contributed by atoms with Crippen LogP contribution in [0.5, 0.6) is 5.75 Å². The third-order valence-corrected chi connectivity index (χ3v) is 6.02. The molecule has 0 spiro atoms. The highest BCUT2D eigenvalue weighted by Crippen LogP contribution is 2.38. The highest BCUT2D eigenvalue weighted by molar-refractivity contribution is 9.10. The largest absolute Gasteiger partial charge is 0.496 e. The standard InChI is InChI=1S/C25H21BrN6O2/c1-15-21(24(33)29-18-9-6-12-27-14-18)22(16-7-5-8-17(26)13-16)32-25(28-15)30-23(31-32)19-10-3-4-11-20(19)34-2/h3-14,22H,1-2H3,(H,29,33)(H,28,30,31). The van der Waals surface area contributed by atoms with E-state index in [4.69, 9.17) is 14.8 Å². The number of hydrogen-bond donors (Lipinski definition) is 2. The molecule has 3 heterocycles. The zero-order valence-electron chi connectivity index (χ0n) is 18.5. The molecule has 1 unspecified atom stereocenters. The number of nitrogens with one attached hydrogen (secondary N) is 2. The summed E-state index contributed by atoms with van der Waals surface area (Å²) in [5.74, 6) is 1.47. The van der Waals surface area contributed by atoms with Crippen molar-refractivity contribution in [1.29, 1.82) is 0 Å². The van der Waals surface area contributed by atoms with Crippen LogP contribution in [0, 0.1) is 0 Å². The van der Waals surface area contributed by atoms with Gasteiger partial charge in [-0.25, -0.2) is 4.68 Å². The Kier molecular flexibility index (Phi) is 5.85. The molecular formula is C25H21BrN6O2. The molecule has 2 aromatic carbocycles. The van der Waals surface area contributed by atoms with Crippen LogP contribution in [0.25, 0.3) is 11.4 Å². The van der Waals surface area contributed by atoms with Crippen LogP contribution < -0.4 is 15.4 Å². The van der Waals surface area contributed by atoms with Gasteiger partial charge in [-0.2, -0.15) is 4.98 Å². The number of fused-ring (bicyclic) bond motifs is 1. The lowest BCUT2D eigenvalue weighted by molar-refractivity contribution is -0.113. The molecule has 0 radical (unpaired) electrons. The first-order valence-corrected chi connectivity index (χ1v) is 11.4. The smallest absolute Gasteiger partial charge is 0.255 e. The quantitative estimate of drug-likeness (QED) is 0.386. The summed E-state index contributed by atoms with van der Waals surface area (Å²) in [5.41, 5.74) is 3.49. The fourth-order valence-corrected chi connectivity index (χ4v) is 4.43. The highest BCUT2D eigenvalue weighted by atomic mass is 79.9. The van der Waals surface area contributed by atoms with Gasteiger partial charge >= 0.3 is 0 Å². The third kappa shape index (κ3) is 4.06. The second kappa shape index (κ2) is 9.11. The van der Waals surface area contributed by atoms with E-state index >= 15 is 0 Å². The number of ether oxygens (including phenoxy) is 1. The minimum Gasteiger partial charge on any atom is -0.496 e. The number of nitrogens with zero attached hydrogens (tertiary/aromatic N) is 4. The maximum absolute atomic E-state index is 13.5. The van der Waals surface area contributed by atoms with Gasteiger partial charge in [-0.15, -0.1) is 5.10 Å². The molecule has 1 aliphatic rings. The summed E-state index contributed by atoms with van der Waals surface area (Å²) in [4.78, 5) is 22.3. The number of halogens is 1. The van der Waals surface area contributed by atoms with Crippen LogP contribution in [0.3, 0.4) is 0 Å². The minimum atomic E-state index is -0.499. The number of allylic oxidation sites excluding steroid dienone is 1. The van der Waals surface area contributed by atoms with E-state index in [2.05, 4.69) is 31.5 Å². The predicted molar refractivity (Wildman–Crippen MR) is 133 cm³/mol. The van der Waals surface area contributed by atoms with Crippen LogP contribution in [0.15, 0.2) is 88.8 Å². The van der Waals surface area contributed by atoms with Gasteiger partial charge in [-0.1, -0.05) is 40.2 Å². The summed E-state index contributed by atoms with van der Waals surface area (Å²) < 4.78 is 8.16. The van der Waals surface area contributed by atoms with Crippen molar-refractivity contribution in [2.24, 2.45) is 0 Å². The molecule has 0 bridgehead atoms. The lowest BCUT2D eigenvalue weighted by atomic mass is 9.95. The number of anilines is 2. The molecule has 34 heavy (non-hydrogen) atoms. The molecule has 2 aromatic heterocycles.